The van der Waals surface area contributed by atoms with E-state index in [0.29, 0.717) is 0 Å². The van der Waals surface area contributed by atoms with Crippen LogP contribution in [-0.2, 0) is 4.74 Å². The molecule has 1 fully saturated rings. The molecule has 3 heteroatoms. The fraction of sp³-hybridized carbons (Fsp3) is 0.333. The van der Waals surface area contributed by atoms with Crippen molar-refractivity contribution in [2.45, 2.75) is 19.1 Å². The van der Waals surface area contributed by atoms with Gasteiger partial charge in [0.2, 0.25) is 0 Å². The molecule has 2 aromatic rings. The number of aryl methyl sites for hydroxylation is 1. The Balaban J connectivity index is 1.76. The van der Waals surface area contributed by atoms with Crippen molar-refractivity contribution in [2.75, 3.05) is 13.1 Å². The molecule has 1 saturated heterocycles. The Bertz CT molecular complexity index is 508. The molecule has 94 valence electrons. The number of benzene rings is 1. The van der Waals surface area contributed by atoms with Crippen LogP contribution in [0.5, 0.6) is 0 Å². The third-order valence-electron chi connectivity index (χ3n) is 3.24. The maximum absolute atomic E-state index is 6.22. The van der Waals surface area contributed by atoms with Gasteiger partial charge >= 0.3 is 0 Å². The lowest BCUT2D eigenvalue weighted by molar-refractivity contribution is -0.0388. The maximum atomic E-state index is 6.22. The van der Waals surface area contributed by atoms with Gasteiger partial charge in [-0.1, -0.05) is 30.3 Å². The Morgan fingerprint density at radius 2 is 1.83 bits per heavy atom. The van der Waals surface area contributed by atoms with Gasteiger partial charge in [0.1, 0.15) is 6.10 Å². The van der Waals surface area contributed by atoms with Crippen LogP contribution in [0, 0.1) is 6.92 Å². The molecule has 3 rings (SSSR count). The summed E-state index contributed by atoms with van der Waals surface area (Å²) in [6, 6.07) is 14.8. The maximum Gasteiger partial charge on any atom is 0.105 e. The first-order valence-corrected chi connectivity index (χ1v) is 7.12. The molecule has 1 N–H and O–H groups in total. The minimum atomic E-state index is 0.160. The van der Waals surface area contributed by atoms with Gasteiger partial charge in [0.05, 0.1) is 6.10 Å². The Labute approximate surface area is 112 Å². The molecule has 2 nitrogen and oxygen atoms in total. The number of rotatable bonds is 2. The molecule has 18 heavy (non-hydrogen) atoms. The van der Waals surface area contributed by atoms with Gasteiger partial charge in [-0.05, 0) is 24.6 Å². The van der Waals surface area contributed by atoms with E-state index in [9.17, 15) is 0 Å². The SMILES string of the molecule is Cc1ccc(C2CNCC(c3ccccc3)O2)s1. The zero-order valence-electron chi connectivity index (χ0n) is 10.4. The van der Waals surface area contributed by atoms with Crippen molar-refractivity contribution in [3.63, 3.8) is 0 Å². The highest BCUT2D eigenvalue weighted by Crippen LogP contribution is 2.32. The van der Waals surface area contributed by atoms with Gasteiger partial charge in [-0.3, -0.25) is 0 Å². The summed E-state index contributed by atoms with van der Waals surface area (Å²) < 4.78 is 6.22. The molecule has 1 aliphatic heterocycles. The fourth-order valence-electron chi connectivity index (χ4n) is 2.30. The third kappa shape index (κ3) is 2.48. The zero-order valence-corrected chi connectivity index (χ0v) is 11.2. The summed E-state index contributed by atoms with van der Waals surface area (Å²) in [6.45, 7) is 3.94. The molecule has 2 unspecified atom stereocenters. The number of ether oxygens (including phenoxy) is 1. The lowest BCUT2D eigenvalue weighted by atomic mass is 10.1. The molecular weight excluding hydrogens is 242 g/mol. The summed E-state index contributed by atoms with van der Waals surface area (Å²) in [6.07, 6.45) is 0.343. The van der Waals surface area contributed by atoms with Crippen LogP contribution in [0.3, 0.4) is 0 Å². The summed E-state index contributed by atoms with van der Waals surface area (Å²) >= 11 is 1.83. The number of hydrogen-bond acceptors (Lipinski definition) is 3. The average molecular weight is 259 g/mol. The number of hydrogen-bond donors (Lipinski definition) is 1. The fourth-order valence-corrected chi connectivity index (χ4v) is 3.21. The first-order valence-electron chi connectivity index (χ1n) is 6.30. The van der Waals surface area contributed by atoms with Crippen LogP contribution in [-0.4, -0.2) is 13.1 Å². The van der Waals surface area contributed by atoms with E-state index < -0.39 is 0 Å². The summed E-state index contributed by atoms with van der Waals surface area (Å²) in [5.41, 5.74) is 1.25. The minimum absolute atomic E-state index is 0.160. The number of nitrogens with one attached hydrogen (secondary N) is 1. The lowest BCUT2D eigenvalue weighted by Gasteiger charge is -2.30. The van der Waals surface area contributed by atoms with E-state index in [1.54, 1.807) is 0 Å². The smallest absolute Gasteiger partial charge is 0.105 e. The highest BCUT2D eigenvalue weighted by atomic mass is 32.1. The Kier molecular flexibility index (Phi) is 3.46. The minimum Gasteiger partial charge on any atom is -0.362 e. The second-order valence-electron chi connectivity index (χ2n) is 4.63. The third-order valence-corrected chi connectivity index (χ3v) is 4.33. The molecule has 0 saturated carbocycles. The van der Waals surface area contributed by atoms with Crippen LogP contribution >= 0.6 is 11.3 Å². The van der Waals surface area contributed by atoms with Crippen LogP contribution in [0.25, 0.3) is 0 Å². The second kappa shape index (κ2) is 5.22. The van der Waals surface area contributed by atoms with E-state index in [0.717, 1.165) is 13.1 Å². The highest BCUT2D eigenvalue weighted by molar-refractivity contribution is 7.12. The average Bonchev–Trinajstić information content (AvgIpc) is 2.87. The molecule has 0 radical (unpaired) electrons. The van der Waals surface area contributed by atoms with Crippen molar-refractivity contribution in [3.8, 4) is 0 Å². The molecular formula is C15H17NOS. The number of thiophene rings is 1. The summed E-state index contributed by atoms with van der Waals surface area (Å²) in [7, 11) is 0. The monoisotopic (exact) mass is 259 g/mol. The van der Waals surface area contributed by atoms with E-state index in [2.05, 4.69) is 48.6 Å². The normalized spacial score (nSPS) is 24.1. The van der Waals surface area contributed by atoms with Crippen molar-refractivity contribution >= 4 is 11.3 Å². The van der Waals surface area contributed by atoms with Crippen molar-refractivity contribution < 1.29 is 4.74 Å². The van der Waals surface area contributed by atoms with E-state index >= 15 is 0 Å². The molecule has 0 bridgehead atoms. The number of morpholine rings is 1. The van der Waals surface area contributed by atoms with Crippen LogP contribution < -0.4 is 5.32 Å². The first-order chi connectivity index (χ1) is 8.83. The van der Waals surface area contributed by atoms with Gasteiger partial charge in [0, 0.05) is 22.8 Å². The van der Waals surface area contributed by atoms with Crippen molar-refractivity contribution in [1.29, 1.82) is 0 Å². The Morgan fingerprint density at radius 1 is 1.06 bits per heavy atom. The summed E-state index contributed by atoms with van der Waals surface area (Å²) in [4.78, 5) is 2.66. The van der Waals surface area contributed by atoms with E-state index in [4.69, 9.17) is 4.74 Å². The molecule has 0 amide bonds. The van der Waals surface area contributed by atoms with E-state index in [-0.39, 0.29) is 12.2 Å². The van der Waals surface area contributed by atoms with Crippen LogP contribution in [0.15, 0.2) is 42.5 Å². The quantitative estimate of drug-likeness (QED) is 0.892. The Hall–Kier alpha value is -1.16. The van der Waals surface area contributed by atoms with E-state index in [1.807, 2.05) is 17.4 Å². The first kappa shape index (κ1) is 11.9. The van der Waals surface area contributed by atoms with Crippen molar-refractivity contribution in [1.82, 2.24) is 5.32 Å². The molecule has 1 aliphatic rings. The molecule has 2 heterocycles. The molecule has 1 aromatic carbocycles. The molecule has 0 aliphatic carbocycles. The van der Waals surface area contributed by atoms with Crippen LogP contribution in [0.2, 0.25) is 0 Å². The van der Waals surface area contributed by atoms with Crippen molar-refractivity contribution in [3.05, 3.63) is 57.8 Å². The van der Waals surface area contributed by atoms with E-state index in [1.165, 1.54) is 15.3 Å². The second-order valence-corrected chi connectivity index (χ2v) is 5.95. The van der Waals surface area contributed by atoms with Gasteiger partial charge in [-0.2, -0.15) is 0 Å². The standard InChI is InChI=1S/C15H17NOS/c1-11-7-8-15(18-11)14-10-16-9-13(17-14)12-5-3-2-4-6-12/h2-8,13-14,16H,9-10H2,1H3. The lowest BCUT2D eigenvalue weighted by Crippen LogP contribution is -2.35. The molecule has 2 atom stereocenters. The largest absolute Gasteiger partial charge is 0.362 e. The van der Waals surface area contributed by atoms with Gasteiger partial charge in [-0.15, -0.1) is 11.3 Å². The zero-order chi connectivity index (χ0) is 12.4. The van der Waals surface area contributed by atoms with Crippen molar-refractivity contribution in [2.24, 2.45) is 0 Å². The topological polar surface area (TPSA) is 21.3 Å². The summed E-state index contributed by atoms with van der Waals surface area (Å²) in [5.74, 6) is 0. The van der Waals surface area contributed by atoms with Crippen LogP contribution in [0.4, 0.5) is 0 Å². The van der Waals surface area contributed by atoms with Gasteiger partial charge in [0.25, 0.3) is 0 Å². The van der Waals surface area contributed by atoms with Gasteiger partial charge in [-0.25, -0.2) is 0 Å². The summed E-state index contributed by atoms with van der Waals surface area (Å²) in [5, 5.41) is 3.47. The molecule has 1 aromatic heterocycles. The predicted molar refractivity (Wildman–Crippen MR) is 74.9 cm³/mol. The predicted octanol–water partition coefficient (Wildman–Crippen LogP) is 3.46. The van der Waals surface area contributed by atoms with Gasteiger partial charge in [0.15, 0.2) is 0 Å². The highest BCUT2D eigenvalue weighted by Gasteiger charge is 2.25. The molecule has 0 spiro atoms. The van der Waals surface area contributed by atoms with Crippen LogP contribution in [0.1, 0.15) is 27.5 Å². The Morgan fingerprint density at radius 3 is 2.56 bits per heavy atom. The van der Waals surface area contributed by atoms with Gasteiger partial charge < -0.3 is 10.1 Å².